The number of rotatable bonds is 2. The Morgan fingerprint density at radius 3 is 2.47 bits per heavy atom. The van der Waals surface area contributed by atoms with Crippen LogP contribution in [0.4, 0.5) is 0 Å². The smallest absolute Gasteiger partial charge is 0.257 e. The number of fused-ring (bicyclic) bond motifs is 3. The maximum Gasteiger partial charge on any atom is 0.257 e. The van der Waals surface area contributed by atoms with Crippen LogP contribution in [0.1, 0.15) is 42.1 Å². The number of carbonyl (C=O) groups is 2. The molecule has 0 radical (unpaired) electrons. The number of nitrogens with zero attached hydrogens (tertiary/aromatic N) is 3. The summed E-state index contributed by atoms with van der Waals surface area (Å²) in [7, 11) is 6.61. The van der Waals surface area contributed by atoms with Gasteiger partial charge in [-0.15, -0.1) is 0 Å². The minimum atomic E-state index is -0.488. The van der Waals surface area contributed by atoms with Crippen molar-refractivity contribution in [2.75, 3.05) is 48.0 Å². The lowest BCUT2D eigenvalue weighted by molar-refractivity contribution is -0.147. The van der Waals surface area contributed by atoms with Crippen molar-refractivity contribution in [3.63, 3.8) is 0 Å². The van der Waals surface area contributed by atoms with Gasteiger partial charge in [0.25, 0.3) is 5.91 Å². The van der Waals surface area contributed by atoms with E-state index in [0.717, 1.165) is 12.8 Å². The number of nitriles is 1. The summed E-state index contributed by atoms with van der Waals surface area (Å²) in [4.78, 5) is 29.7. The fraction of sp³-hybridized carbons (Fsp3) is 0.640. The zero-order valence-corrected chi connectivity index (χ0v) is 20.7. The van der Waals surface area contributed by atoms with Gasteiger partial charge in [0.1, 0.15) is 24.5 Å². The number of amides is 2. The SMILES string of the molecule is CO[C@@H]1CC[C@H]2CCN(C)C(=O)[C@H](C)[C@H](OC)CN(C)C(=O)c3cccc(C#N)c3OC[C@@H]1O2. The summed E-state index contributed by atoms with van der Waals surface area (Å²) in [5.74, 6) is -0.582. The lowest BCUT2D eigenvalue weighted by atomic mass is 9.98. The van der Waals surface area contributed by atoms with E-state index in [1.807, 2.05) is 6.92 Å². The van der Waals surface area contributed by atoms with Crippen LogP contribution in [-0.4, -0.2) is 94.0 Å². The highest BCUT2D eigenvalue weighted by molar-refractivity contribution is 5.97. The molecule has 0 aliphatic carbocycles. The monoisotopic (exact) mass is 473 g/mol. The van der Waals surface area contributed by atoms with Crippen molar-refractivity contribution in [1.82, 2.24) is 9.80 Å². The first-order valence-electron chi connectivity index (χ1n) is 11.7. The quantitative estimate of drug-likeness (QED) is 0.648. The van der Waals surface area contributed by atoms with Gasteiger partial charge in [-0.2, -0.15) is 5.26 Å². The molecule has 1 fully saturated rings. The second-order valence-electron chi connectivity index (χ2n) is 9.05. The van der Waals surface area contributed by atoms with E-state index in [9.17, 15) is 14.9 Å². The highest BCUT2D eigenvalue weighted by Gasteiger charge is 2.34. The van der Waals surface area contributed by atoms with Crippen molar-refractivity contribution >= 4 is 11.8 Å². The molecule has 3 rings (SSSR count). The van der Waals surface area contributed by atoms with E-state index in [4.69, 9.17) is 18.9 Å². The summed E-state index contributed by atoms with van der Waals surface area (Å²) < 4.78 is 23.6. The molecule has 2 aliphatic heterocycles. The Bertz CT molecular complexity index is 916. The first kappa shape index (κ1) is 25.9. The van der Waals surface area contributed by atoms with Gasteiger partial charge in [0.15, 0.2) is 0 Å². The summed E-state index contributed by atoms with van der Waals surface area (Å²) in [6.45, 7) is 2.72. The van der Waals surface area contributed by atoms with Crippen LogP contribution in [0.25, 0.3) is 0 Å². The molecule has 1 saturated heterocycles. The average Bonchev–Trinajstić information content (AvgIpc) is 2.86. The molecule has 34 heavy (non-hydrogen) atoms. The zero-order chi connectivity index (χ0) is 24.8. The molecule has 0 unspecified atom stereocenters. The van der Waals surface area contributed by atoms with Crippen LogP contribution in [0.2, 0.25) is 0 Å². The van der Waals surface area contributed by atoms with Crippen molar-refractivity contribution in [3.8, 4) is 11.8 Å². The van der Waals surface area contributed by atoms with Gasteiger partial charge in [-0.25, -0.2) is 0 Å². The molecule has 2 amide bonds. The van der Waals surface area contributed by atoms with Crippen LogP contribution in [0, 0.1) is 17.2 Å². The maximum atomic E-state index is 13.4. The van der Waals surface area contributed by atoms with Gasteiger partial charge in [0, 0.05) is 41.4 Å². The van der Waals surface area contributed by atoms with E-state index in [1.165, 1.54) is 12.0 Å². The van der Waals surface area contributed by atoms with Gasteiger partial charge >= 0.3 is 0 Å². The number of ether oxygens (including phenoxy) is 4. The third-order valence-corrected chi connectivity index (χ3v) is 6.83. The summed E-state index contributed by atoms with van der Waals surface area (Å²) in [6.07, 6.45) is 1.25. The van der Waals surface area contributed by atoms with E-state index >= 15 is 0 Å². The van der Waals surface area contributed by atoms with Crippen molar-refractivity contribution < 1.29 is 28.5 Å². The van der Waals surface area contributed by atoms with Crippen molar-refractivity contribution in [1.29, 1.82) is 5.26 Å². The van der Waals surface area contributed by atoms with E-state index < -0.39 is 12.0 Å². The molecular formula is C25H35N3O6. The van der Waals surface area contributed by atoms with Gasteiger partial charge in [-0.05, 0) is 31.4 Å². The lowest BCUT2D eigenvalue weighted by Gasteiger charge is -2.37. The normalized spacial score (nSPS) is 29.2. The third-order valence-electron chi connectivity index (χ3n) is 6.83. The molecule has 1 aromatic rings. The molecule has 5 atom stereocenters. The van der Waals surface area contributed by atoms with Crippen LogP contribution >= 0.6 is 0 Å². The molecular weight excluding hydrogens is 438 g/mol. The standard InChI is InChI=1S/C25H35N3O6/c1-16-21(32-5)14-28(3)25(30)19-8-6-7-17(13-26)23(19)33-15-22-20(31-4)10-9-18(34-22)11-12-27(2)24(16)29/h6-8,16,18,20-22H,9-12,14-15H2,1-5H3/t16-,18+,20-,21-,22+/m1/s1. The average molecular weight is 474 g/mol. The molecule has 9 nitrogen and oxygen atoms in total. The van der Waals surface area contributed by atoms with Crippen LogP contribution in [0.5, 0.6) is 5.75 Å². The lowest BCUT2D eigenvalue weighted by Crippen LogP contribution is -2.47. The molecule has 2 bridgehead atoms. The Kier molecular flexibility index (Phi) is 8.89. The van der Waals surface area contributed by atoms with Gasteiger partial charge in [-0.3, -0.25) is 9.59 Å². The van der Waals surface area contributed by atoms with Crippen LogP contribution < -0.4 is 4.74 Å². The molecule has 0 aromatic heterocycles. The topological polar surface area (TPSA) is 101 Å². The summed E-state index contributed by atoms with van der Waals surface area (Å²) in [5.41, 5.74) is 0.552. The molecule has 186 valence electrons. The number of benzene rings is 1. The number of hydrogen-bond acceptors (Lipinski definition) is 7. The van der Waals surface area contributed by atoms with Crippen LogP contribution in [0.15, 0.2) is 18.2 Å². The summed E-state index contributed by atoms with van der Waals surface area (Å²) in [5, 5.41) is 9.66. The maximum absolute atomic E-state index is 13.4. The fourth-order valence-electron chi connectivity index (χ4n) is 4.63. The fourth-order valence-corrected chi connectivity index (χ4v) is 4.63. The zero-order valence-electron chi connectivity index (χ0n) is 20.7. The van der Waals surface area contributed by atoms with Gasteiger partial charge < -0.3 is 28.7 Å². The molecule has 2 heterocycles. The number of hydrogen-bond donors (Lipinski definition) is 0. The van der Waals surface area contributed by atoms with Crippen molar-refractivity contribution in [2.45, 2.75) is 50.6 Å². The molecule has 0 saturated carbocycles. The van der Waals surface area contributed by atoms with Gasteiger partial charge in [-0.1, -0.05) is 13.0 Å². The van der Waals surface area contributed by atoms with E-state index in [0.29, 0.717) is 13.0 Å². The second-order valence-corrected chi connectivity index (χ2v) is 9.05. The molecule has 9 heteroatoms. The first-order chi connectivity index (χ1) is 16.3. The minimum Gasteiger partial charge on any atom is -0.489 e. The first-order valence-corrected chi connectivity index (χ1v) is 11.7. The Morgan fingerprint density at radius 1 is 1.06 bits per heavy atom. The van der Waals surface area contributed by atoms with Crippen LogP contribution in [0.3, 0.4) is 0 Å². The Morgan fingerprint density at radius 2 is 1.79 bits per heavy atom. The highest BCUT2D eigenvalue weighted by Crippen LogP contribution is 2.29. The predicted molar refractivity (Wildman–Crippen MR) is 125 cm³/mol. The van der Waals surface area contributed by atoms with Crippen LogP contribution in [-0.2, 0) is 19.0 Å². The molecule has 0 N–H and O–H groups in total. The molecule has 1 aromatic carbocycles. The molecule has 0 spiro atoms. The Balaban J connectivity index is 1.98. The minimum absolute atomic E-state index is 0.0441. The van der Waals surface area contributed by atoms with Crippen molar-refractivity contribution in [3.05, 3.63) is 29.3 Å². The Labute approximate surface area is 201 Å². The van der Waals surface area contributed by atoms with Gasteiger partial charge in [0.2, 0.25) is 5.91 Å². The van der Waals surface area contributed by atoms with Gasteiger partial charge in [0.05, 0.1) is 35.4 Å². The van der Waals surface area contributed by atoms with Crippen molar-refractivity contribution in [2.24, 2.45) is 5.92 Å². The predicted octanol–water partition coefficient (Wildman–Crippen LogP) is 2.08. The second kappa shape index (κ2) is 11.6. The largest absolute Gasteiger partial charge is 0.489 e. The van der Waals surface area contributed by atoms with E-state index in [-0.39, 0.29) is 60.2 Å². The van der Waals surface area contributed by atoms with E-state index in [1.54, 1.807) is 44.3 Å². The number of methoxy groups -OCH3 is 2. The third kappa shape index (κ3) is 5.69. The number of carbonyl (C=O) groups excluding carboxylic acids is 2. The number of para-hydroxylation sites is 1. The summed E-state index contributed by atoms with van der Waals surface area (Å²) in [6, 6.07) is 7.04. The molecule has 2 aliphatic rings. The Hall–Kier alpha value is -2.67. The summed E-state index contributed by atoms with van der Waals surface area (Å²) >= 11 is 0. The highest BCUT2D eigenvalue weighted by atomic mass is 16.6. The number of likely N-dealkylation sites (N-methyl/N-ethyl adjacent to an activating group) is 1. The van der Waals surface area contributed by atoms with E-state index in [2.05, 4.69) is 6.07 Å².